The van der Waals surface area contributed by atoms with Gasteiger partial charge in [-0.15, -0.1) is 0 Å². The zero-order chi connectivity index (χ0) is 12.1. The van der Waals surface area contributed by atoms with Gasteiger partial charge in [0.2, 0.25) is 0 Å². The van der Waals surface area contributed by atoms with E-state index in [0.717, 1.165) is 17.7 Å². The van der Waals surface area contributed by atoms with Crippen LogP contribution in [0.4, 0.5) is 5.69 Å². The lowest BCUT2D eigenvalue weighted by molar-refractivity contribution is 0.0949. The zero-order valence-electron chi connectivity index (χ0n) is 9.18. The molecule has 0 aliphatic heterocycles. The first-order valence-corrected chi connectivity index (χ1v) is 5.24. The molecule has 6 nitrogen and oxygen atoms in total. The monoisotopic (exact) mass is 231 g/mol. The number of H-pyrrole nitrogens is 1. The van der Waals surface area contributed by atoms with E-state index in [1.807, 2.05) is 24.3 Å². The number of nitrogen functional groups attached to an aromatic ring is 1. The van der Waals surface area contributed by atoms with Crippen LogP contribution in [0.1, 0.15) is 16.1 Å². The van der Waals surface area contributed by atoms with Crippen LogP contribution < -0.4 is 11.1 Å². The van der Waals surface area contributed by atoms with Gasteiger partial charge in [0, 0.05) is 12.2 Å². The van der Waals surface area contributed by atoms with Gasteiger partial charge in [-0.05, 0) is 24.1 Å². The Hall–Kier alpha value is -2.37. The maximum atomic E-state index is 11.5. The van der Waals surface area contributed by atoms with Crippen molar-refractivity contribution in [2.24, 2.45) is 0 Å². The summed E-state index contributed by atoms with van der Waals surface area (Å²) >= 11 is 0. The van der Waals surface area contributed by atoms with E-state index in [2.05, 4.69) is 20.7 Å². The van der Waals surface area contributed by atoms with E-state index in [9.17, 15) is 4.79 Å². The van der Waals surface area contributed by atoms with Crippen LogP contribution in [0.5, 0.6) is 0 Å². The molecule has 2 aromatic rings. The molecule has 0 saturated carbocycles. The van der Waals surface area contributed by atoms with Crippen LogP contribution in [0.25, 0.3) is 0 Å². The fourth-order valence-electron chi connectivity index (χ4n) is 1.41. The molecule has 0 saturated heterocycles. The first-order valence-electron chi connectivity index (χ1n) is 5.24. The number of hydrogen-bond donors (Lipinski definition) is 3. The van der Waals surface area contributed by atoms with E-state index in [4.69, 9.17) is 5.73 Å². The van der Waals surface area contributed by atoms with Gasteiger partial charge in [-0.3, -0.25) is 4.79 Å². The number of carbonyl (C=O) groups is 1. The highest BCUT2D eigenvalue weighted by molar-refractivity contribution is 5.91. The number of aromatic amines is 1. The second-order valence-corrected chi connectivity index (χ2v) is 3.60. The summed E-state index contributed by atoms with van der Waals surface area (Å²) in [5, 5.41) is 12.4. The predicted molar refractivity (Wildman–Crippen MR) is 63.3 cm³/mol. The summed E-state index contributed by atoms with van der Waals surface area (Å²) in [4.78, 5) is 11.5. The van der Waals surface area contributed by atoms with Crippen molar-refractivity contribution in [2.45, 2.75) is 6.42 Å². The number of rotatable bonds is 4. The van der Waals surface area contributed by atoms with E-state index in [0.29, 0.717) is 12.2 Å². The molecule has 1 aromatic heterocycles. The smallest absolute Gasteiger partial charge is 0.273 e. The predicted octanol–water partition coefficient (Wildman–Crippen LogP) is 0.359. The second kappa shape index (κ2) is 5.11. The molecule has 88 valence electrons. The SMILES string of the molecule is Nc1ccc(CCNC(=O)c2cn[nH]n2)cc1. The molecular formula is C11H13N5O. The number of hydrogen-bond acceptors (Lipinski definition) is 4. The van der Waals surface area contributed by atoms with Crippen LogP contribution in [-0.4, -0.2) is 27.9 Å². The first kappa shape index (κ1) is 11.1. The normalized spacial score (nSPS) is 10.1. The summed E-state index contributed by atoms with van der Waals surface area (Å²) in [6, 6.07) is 7.57. The Bertz CT molecular complexity index is 477. The van der Waals surface area contributed by atoms with Crippen molar-refractivity contribution in [3.05, 3.63) is 41.7 Å². The largest absolute Gasteiger partial charge is 0.399 e. The Morgan fingerprint density at radius 2 is 2.12 bits per heavy atom. The summed E-state index contributed by atoms with van der Waals surface area (Å²) in [6.07, 6.45) is 2.14. The number of carbonyl (C=O) groups excluding carboxylic acids is 1. The standard InChI is InChI=1S/C11H13N5O/c12-9-3-1-8(2-4-9)5-6-13-11(17)10-7-14-16-15-10/h1-4,7H,5-6,12H2,(H,13,17)(H,14,15,16). The Labute approximate surface area is 98.2 Å². The van der Waals surface area contributed by atoms with Crippen LogP contribution in [0, 0.1) is 0 Å². The maximum absolute atomic E-state index is 11.5. The molecule has 0 fully saturated rings. The molecular weight excluding hydrogens is 218 g/mol. The molecule has 0 bridgehead atoms. The Balaban J connectivity index is 1.80. The average molecular weight is 231 g/mol. The number of nitrogens with zero attached hydrogens (tertiary/aromatic N) is 2. The van der Waals surface area contributed by atoms with E-state index in [1.165, 1.54) is 6.20 Å². The summed E-state index contributed by atoms with van der Waals surface area (Å²) in [6.45, 7) is 0.551. The van der Waals surface area contributed by atoms with Crippen LogP contribution in [-0.2, 0) is 6.42 Å². The fourth-order valence-corrected chi connectivity index (χ4v) is 1.41. The third kappa shape index (κ3) is 3.04. The molecule has 0 atom stereocenters. The molecule has 4 N–H and O–H groups in total. The lowest BCUT2D eigenvalue weighted by Gasteiger charge is -2.03. The van der Waals surface area contributed by atoms with Gasteiger partial charge in [-0.25, -0.2) is 0 Å². The average Bonchev–Trinajstić information content (AvgIpc) is 2.85. The van der Waals surface area contributed by atoms with Gasteiger partial charge in [0.15, 0.2) is 5.69 Å². The molecule has 1 aromatic carbocycles. The van der Waals surface area contributed by atoms with Crippen molar-refractivity contribution >= 4 is 11.6 Å². The minimum absolute atomic E-state index is 0.228. The van der Waals surface area contributed by atoms with E-state index >= 15 is 0 Å². The van der Waals surface area contributed by atoms with Crippen LogP contribution in [0.15, 0.2) is 30.5 Å². The summed E-state index contributed by atoms with van der Waals surface area (Å²) in [7, 11) is 0. The van der Waals surface area contributed by atoms with Gasteiger partial charge >= 0.3 is 0 Å². The quantitative estimate of drug-likeness (QED) is 0.662. The van der Waals surface area contributed by atoms with Gasteiger partial charge in [-0.1, -0.05) is 12.1 Å². The van der Waals surface area contributed by atoms with Crippen molar-refractivity contribution in [3.63, 3.8) is 0 Å². The Morgan fingerprint density at radius 3 is 2.76 bits per heavy atom. The number of benzene rings is 1. The summed E-state index contributed by atoms with van der Waals surface area (Å²) in [5.74, 6) is -0.228. The third-order valence-corrected chi connectivity index (χ3v) is 2.33. The van der Waals surface area contributed by atoms with E-state index in [-0.39, 0.29) is 5.91 Å². The maximum Gasteiger partial charge on any atom is 0.273 e. The summed E-state index contributed by atoms with van der Waals surface area (Å²) in [5.41, 5.74) is 7.73. The van der Waals surface area contributed by atoms with Crippen molar-refractivity contribution in [1.29, 1.82) is 0 Å². The Morgan fingerprint density at radius 1 is 1.35 bits per heavy atom. The molecule has 0 aliphatic carbocycles. The molecule has 0 unspecified atom stereocenters. The number of anilines is 1. The van der Waals surface area contributed by atoms with E-state index < -0.39 is 0 Å². The van der Waals surface area contributed by atoms with Crippen LogP contribution >= 0.6 is 0 Å². The number of amides is 1. The lowest BCUT2D eigenvalue weighted by Crippen LogP contribution is -2.26. The highest BCUT2D eigenvalue weighted by Gasteiger charge is 2.06. The molecule has 1 heterocycles. The van der Waals surface area contributed by atoms with Crippen molar-refractivity contribution in [1.82, 2.24) is 20.7 Å². The zero-order valence-corrected chi connectivity index (χ0v) is 9.18. The van der Waals surface area contributed by atoms with Gasteiger partial charge < -0.3 is 11.1 Å². The summed E-state index contributed by atoms with van der Waals surface area (Å²) < 4.78 is 0. The molecule has 2 rings (SSSR count). The number of nitrogens with two attached hydrogens (primary N) is 1. The Kier molecular flexibility index (Phi) is 3.34. The molecule has 17 heavy (non-hydrogen) atoms. The van der Waals surface area contributed by atoms with Crippen molar-refractivity contribution in [3.8, 4) is 0 Å². The first-order chi connectivity index (χ1) is 8.25. The minimum Gasteiger partial charge on any atom is -0.399 e. The van der Waals surface area contributed by atoms with Gasteiger partial charge in [0.25, 0.3) is 5.91 Å². The second-order valence-electron chi connectivity index (χ2n) is 3.60. The van der Waals surface area contributed by atoms with Gasteiger partial charge in [0.1, 0.15) is 0 Å². The third-order valence-electron chi connectivity index (χ3n) is 2.33. The van der Waals surface area contributed by atoms with Gasteiger partial charge in [-0.2, -0.15) is 15.4 Å². The number of nitrogens with one attached hydrogen (secondary N) is 2. The fraction of sp³-hybridized carbons (Fsp3) is 0.182. The van der Waals surface area contributed by atoms with Crippen LogP contribution in [0.2, 0.25) is 0 Å². The molecule has 6 heteroatoms. The number of aromatic nitrogens is 3. The molecule has 1 amide bonds. The topological polar surface area (TPSA) is 96.7 Å². The van der Waals surface area contributed by atoms with Crippen LogP contribution in [0.3, 0.4) is 0 Å². The molecule has 0 aliphatic rings. The highest BCUT2D eigenvalue weighted by Crippen LogP contribution is 2.05. The van der Waals surface area contributed by atoms with Crippen molar-refractivity contribution < 1.29 is 4.79 Å². The molecule has 0 radical (unpaired) electrons. The van der Waals surface area contributed by atoms with Gasteiger partial charge in [0.05, 0.1) is 6.20 Å². The van der Waals surface area contributed by atoms with E-state index in [1.54, 1.807) is 0 Å². The minimum atomic E-state index is -0.228. The van der Waals surface area contributed by atoms with Crippen molar-refractivity contribution in [2.75, 3.05) is 12.3 Å². The molecule has 0 spiro atoms. The lowest BCUT2D eigenvalue weighted by atomic mass is 10.1. The highest BCUT2D eigenvalue weighted by atomic mass is 16.1.